The largest absolute Gasteiger partial charge is 0.375 e. The van der Waals surface area contributed by atoms with Crippen LogP contribution in [-0.4, -0.2) is 23.3 Å². The molecule has 4 heteroatoms. The highest BCUT2D eigenvalue weighted by molar-refractivity contribution is 6.09. The Morgan fingerprint density at radius 3 is 2.64 bits per heavy atom. The minimum absolute atomic E-state index is 0.159. The number of hydrogen-bond acceptors (Lipinski definition) is 3. The molecule has 2 rings (SSSR count). The van der Waals surface area contributed by atoms with Crippen molar-refractivity contribution in [3.63, 3.8) is 0 Å². The molecule has 0 bridgehead atoms. The summed E-state index contributed by atoms with van der Waals surface area (Å²) in [4.78, 5) is 25.9. The normalized spacial score (nSPS) is 20.4. The first-order chi connectivity index (χ1) is 10.4. The van der Waals surface area contributed by atoms with E-state index >= 15 is 0 Å². The van der Waals surface area contributed by atoms with Gasteiger partial charge in [-0.15, -0.1) is 0 Å². The van der Waals surface area contributed by atoms with Crippen LogP contribution in [-0.2, 0) is 15.2 Å². The second kappa shape index (κ2) is 6.61. The van der Waals surface area contributed by atoms with Crippen molar-refractivity contribution in [3.8, 4) is 0 Å². The minimum Gasteiger partial charge on any atom is -0.375 e. The van der Waals surface area contributed by atoms with E-state index in [1.54, 1.807) is 11.0 Å². The number of Topliss-reactive ketones (excluding diaryl/α,β-unsaturated/α-hetero) is 1. The zero-order chi connectivity index (χ0) is 16.3. The molecule has 1 heterocycles. The maximum absolute atomic E-state index is 12.8. The molecule has 1 atom stereocenters. The summed E-state index contributed by atoms with van der Waals surface area (Å²) >= 11 is 0. The first-order valence-corrected chi connectivity index (χ1v) is 8.05. The molecule has 0 aromatic heterocycles. The molecule has 1 aromatic rings. The maximum Gasteiger partial charge on any atom is 0.264 e. The molecule has 120 valence electrons. The number of ketones is 1. The van der Waals surface area contributed by atoms with Crippen LogP contribution in [0.15, 0.2) is 18.2 Å². The summed E-state index contributed by atoms with van der Waals surface area (Å²) in [6.07, 6.45) is 4.09. The zero-order valence-electron chi connectivity index (χ0n) is 13.7. The third-order valence-corrected chi connectivity index (χ3v) is 4.29. The summed E-state index contributed by atoms with van der Waals surface area (Å²) in [6.45, 7) is 6.08. The van der Waals surface area contributed by atoms with Crippen molar-refractivity contribution in [2.75, 3.05) is 11.4 Å². The number of rotatable bonds is 7. The fraction of sp³-hybridized carbons (Fsp3) is 0.556. The molecule has 4 nitrogen and oxygen atoms in total. The van der Waals surface area contributed by atoms with E-state index in [1.807, 2.05) is 19.1 Å². The third-order valence-electron chi connectivity index (χ3n) is 4.29. The molecule has 1 aliphatic rings. The van der Waals surface area contributed by atoms with Gasteiger partial charge in [0.05, 0.1) is 5.69 Å². The Morgan fingerprint density at radius 2 is 2.00 bits per heavy atom. The van der Waals surface area contributed by atoms with Crippen LogP contribution in [0.5, 0.6) is 0 Å². The molecule has 1 unspecified atom stereocenters. The quantitative estimate of drug-likeness (QED) is 0.788. The van der Waals surface area contributed by atoms with E-state index in [1.165, 1.54) is 6.92 Å². The molecule has 0 radical (unpaired) electrons. The molecule has 0 saturated carbocycles. The Balaban J connectivity index is 2.33. The summed E-state index contributed by atoms with van der Waals surface area (Å²) in [5, 5.41) is 10.9. The molecule has 1 aromatic carbocycles. The van der Waals surface area contributed by atoms with Gasteiger partial charge < -0.3 is 10.0 Å². The van der Waals surface area contributed by atoms with Crippen LogP contribution in [0.2, 0.25) is 0 Å². The summed E-state index contributed by atoms with van der Waals surface area (Å²) < 4.78 is 0. The SMILES string of the molecule is CCCCCCN1C(=O)C(O)(CC(C)=O)c2cccc(C)c21. The highest BCUT2D eigenvalue weighted by Crippen LogP contribution is 2.44. The topological polar surface area (TPSA) is 57.6 Å². The van der Waals surface area contributed by atoms with Crippen LogP contribution < -0.4 is 4.90 Å². The van der Waals surface area contributed by atoms with Crippen molar-refractivity contribution in [3.05, 3.63) is 29.3 Å². The van der Waals surface area contributed by atoms with Gasteiger partial charge in [-0.3, -0.25) is 9.59 Å². The fourth-order valence-electron chi connectivity index (χ4n) is 3.23. The van der Waals surface area contributed by atoms with Crippen molar-refractivity contribution in [1.82, 2.24) is 0 Å². The number of anilines is 1. The molecule has 0 spiro atoms. The van der Waals surface area contributed by atoms with Crippen LogP contribution >= 0.6 is 0 Å². The summed E-state index contributed by atoms with van der Waals surface area (Å²) in [5.74, 6) is -0.542. The van der Waals surface area contributed by atoms with Crippen molar-refractivity contribution in [2.45, 2.75) is 58.5 Å². The molecule has 22 heavy (non-hydrogen) atoms. The van der Waals surface area contributed by atoms with Crippen molar-refractivity contribution >= 4 is 17.4 Å². The van der Waals surface area contributed by atoms with E-state index in [-0.39, 0.29) is 18.1 Å². The molecule has 0 aliphatic carbocycles. The minimum atomic E-state index is -1.70. The van der Waals surface area contributed by atoms with E-state index in [2.05, 4.69) is 6.92 Å². The smallest absolute Gasteiger partial charge is 0.264 e. The van der Waals surface area contributed by atoms with Crippen LogP contribution in [0.4, 0.5) is 5.69 Å². The molecular formula is C18H25NO3. The van der Waals surface area contributed by atoms with Gasteiger partial charge in [0.15, 0.2) is 5.60 Å². The van der Waals surface area contributed by atoms with Gasteiger partial charge >= 0.3 is 0 Å². The Kier molecular flexibility index (Phi) is 5.01. The lowest BCUT2D eigenvalue weighted by molar-refractivity contribution is -0.141. The van der Waals surface area contributed by atoms with E-state index in [9.17, 15) is 14.7 Å². The number of hydrogen-bond donors (Lipinski definition) is 1. The van der Waals surface area contributed by atoms with Crippen LogP contribution in [0, 0.1) is 6.92 Å². The zero-order valence-corrected chi connectivity index (χ0v) is 13.7. The van der Waals surface area contributed by atoms with Crippen molar-refractivity contribution < 1.29 is 14.7 Å². The number of nitrogens with zero attached hydrogens (tertiary/aromatic N) is 1. The second-order valence-electron chi connectivity index (χ2n) is 6.23. The third kappa shape index (κ3) is 2.93. The second-order valence-corrected chi connectivity index (χ2v) is 6.23. The predicted molar refractivity (Wildman–Crippen MR) is 86.9 cm³/mol. The number of carbonyl (C=O) groups excluding carboxylic acids is 2. The standard InChI is InChI=1S/C18H25NO3/c1-4-5-6-7-11-19-16-13(2)9-8-10-15(16)18(22,17(19)21)12-14(3)20/h8-10,22H,4-7,11-12H2,1-3H3. The van der Waals surface area contributed by atoms with Gasteiger partial charge in [-0.2, -0.15) is 0 Å². The summed E-state index contributed by atoms with van der Waals surface area (Å²) in [6, 6.07) is 5.52. The number of aryl methyl sites for hydroxylation is 1. The number of aliphatic hydroxyl groups is 1. The van der Waals surface area contributed by atoms with Gasteiger partial charge in [0, 0.05) is 18.5 Å². The fourth-order valence-corrected chi connectivity index (χ4v) is 3.23. The number of fused-ring (bicyclic) bond motifs is 1. The molecule has 1 N–H and O–H groups in total. The molecule has 1 aliphatic heterocycles. The van der Waals surface area contributed by atoms with Crippen LogP contribution in [0.1, 0.15) is 57.1 Å². The van der Waals surface area contributed by atoms with E-state index in [4.69, 9.17) is 0 Å². The Labute approximate surface area is 132 Å². The van der Waals surface area contributed by atoms with Gasteiger partial charge in [-0.05, 0) is 25.8 Å². The van der Waals surface area contributed by atoms with Gasteiger partial charge in [0.2, 0.25) is 0 Å². The number of benzene rings is 1. The summed E-state index contributed by atoms with van der Waals surface area (Å²) in [5.41, 5.74) is 0.620. The lowest BCUT2D eigenvalue weighted by atomic mass is 9.89. The number of unbranched alkanes of at least 4 members (excludes halogenated alkanes) is 3. The van der Waals surface area contributed by atoms with Gasteiger partial charge in [-0.1, -0.05) is 44.4 Å². The monoisotopic (exact) mass is 303 g/mol. The Morgan fingerprint density at radius 1 is 1.27 bits per heavy atom. The first kappa shape index (κ1) is 16.7. The van der Waals surface area contributed by atoms with E-state index in [0.29, 0.717) is 12.1 Å². The summed E-state index contributed by atoms with van der Waals surface area (Å²) in [7, 11) is 0. The van der Waals surface area contributed by atoms with E-state index < -0.39 is 5.60 Å². The van der Waals surface area contributed by atoms with Gasteiger partial charge in [-0.25, -0.2) is 0 Å². The average molecular weight is 303 g/mol. The van der Waals surface area contributed by atoms with Gasteiger partial charge in [0.25, 0.3) is 5.91 Å². The highest BCUT2D eigenvalue weighted by atomic mass is 16.3. The Bertz CT molecular complexity index is 582. The van der Waals surface area contributed by atoms with Crippen molar-refractivity contribution in [2.24, 2.45) is 0 Å². The lowest BCUT2D eigenvalue weighted by Crippen LogP contribution is -2.42. The first-order valence-electron chi connectivity index (χ1n) is 8.05. The Hall–Kier alpha value is -1.68. The van der Waals surface area contributed by atoms with E-state index in [0.717, 1.165) is 36.9 Å². The highest BCUT2D eigenvalue weighted by Gasteiger charge is 2.50. The number of para-hydroxylation sites is 1. The molecule has 1 amide bonds. The predicted octanol–water partition coefficient (Wildman–Crippen LogP) is 3.09. The lowest BCUT2D eigenvalue weighted by Gasteiger charge is -2.22. The van der Waals surface area contributed by atoms with Gasteiger partial charge in [0.1, 0.15) is 5.78 Å². The van der Waals surface area contributed by atoms with Crippen LogP contribution in [0.25, 0.3) is 0 Å². The average Bonchev–Trinajstić information content (AvgIpc) is 2.66. The number of carbonyl (C=O) groups is 2. The molecular weight excluding hydrogens is 278 g/mol. The molecule has 0 saturated heterocycles. The maximum atomic E-state index is 12.8. The number of amides is 1. The molecule has 0 fully saturated rings. The van der Waals surface area contributed by atoms with Crippen molar-refractivity contribution in [1.29, 1.82) is 0 Å². The van der Waals surface area contributed by atoms with Crippen LogP contribution in [0.3, 0.4) is 0 Å².